The number of aromatic nitrogens is 3. The van der Waals surface area contributed by atoms with Crippen LogP contribution in [0.3, 0.4) is 0 Å². The largest absolute Gasteiger partial charge is 0.395 e. The van der Waals surface area contributed by atoms with Gasteiger partial charge in [-0.25, -0.2) is 4.98 Å². The van der Waals surface area contributed by atoms with E-state index in [-0.39, 0.29) is 36.3 Å². The lowest BCUT2D eigenvalue weighted by Crippen LogP contribution is -2.45. The summed E-state index contributed by atoms with van der Waals surface area (Å²) in [7, 11) is 2.06. The van der Waals surface area contributed by atoms with Crippen molar-refractivity contribution in [3.05, 3.63) is 23.7 Å². The molecular formula is C21H34N4O2. The Bertz CT molecular complexity index is 778. The van der Waals surface area contributed by atoms with Crippen molar-refractivity contribution in [3.63, 3.8) is 0 Å². The molecule has 2 aromatic rings. The van der Waals surface area contributed by atoms with Gasteiger partial charge in [-0.1, -0.05) is 20.8 Å². The van der Waals surface area contributed by atoms with Gasteiger partial charge in [0, 0.05) is 18.2 Å². The fourth-order valence-electron chi connectivity index (χ4n) is 4.07. The summed E-state index contributed by atoms with van der Waals surface area (Å²) in [5.74, 6) is 0. The molecule has 0 aliphatic carbocycles. The lowest BCUT2D eigenvalue weighted by Gasteiger charge is -2.28. The smallest absolute Gasteiger partial charge is 0.158 e. The molecule has 3 rings (SSSR count). The minimum absolute atomic E-state index is 0.0271. The Balaban J connectivity index is 1.89. The minimum Gasteiger partial charge on any atom is -0.395 e. The normalized spacial score (nSPS) is 24.5. The summed E-state index contributed by atoms with van der Waals surface area (Å²) in [6.07, 6.45) is 5.00. The van der Waals surface area contributed by atoms with Gasteiger partial charge in [-0.15, -0.1) is 0 Å². The first-order valence-electron chi connectivity index (χ1n) is 10.1. The summed E-state index contributed by atoms with van der Waals surface area (Å²) in [5.41, 5.74) is 4.05. The van der Waals surface area contributed by atoms with E-state index >= 15 is 0 Å². The lowest BCUT2D eigenvalue weighted by atomic mass is 9.92. The highest BCUT2D eigenvalue weighted by atomic mass is 16.5. The molecule has 6 heteroatoms. The third-order valence-electron chi connectivity index (χ3n) is 5.37. The Morgan fingerprint density at radius 3 is 2.70 bits per heavy atom. The Hall–Kier alpha value is -1.50. The maximum Gasteiger partial charge on any atom is 0.158 e. The van der Waals surface area contributed by atoms with Crippen LogP contribution >= 0.6 is 0 Å². The molecule has 0 aromatic carbocycles. The standard InChI is InChI=1S/C21H34N4O2/c1-13(2)27-18-9-7-8-14(23-17(18)12-26)16-11-22-15-10-19(21(3,4)5)25(6)20(15)24-16/h10-11,13-14,17-18,23,26H,7-9,12H2,1-6H3/t14-,17-,18-/m0/s1. The summed E-state index contributed by atoms with van der Waals surface area (Å²) in [6, 6.07) is 2.12. The van der Waals surface area contributed by atoms with Crippen LogP contribution in [0.15, 0.2) is 12.3 Å². The number of nitrogens with zero attached hydrogens (tertiary/aromatic N) is 3. The van der Waals surface area contributed by atoms with Crippen molar-refractivity contribution in [3.8, 4) is 0 Å². The number of rotatable bonds is 4. The third-order valence-corrected chi connectivity index (χ3v) is 5.37. The topological polar surface area (TPSA) is 72.2 Å². The molecule has 0 radical (unpaired) electrons. The molecule has 0 bridgehead atoms. The van der Waals surface area contributed by atoms with Gasteiger partial charge in [-0.2, -0.15) is 0 Å². The van der Waals surface area contributed by atoms with E-state index in [1.165, 1.54) is 5.69 Å². The Morgan fingerprint density at radius 2 is 2.07 bits per heavy atom. The van der Waals surface area contributed by atoms with Crippen LogP contribution in [-0.2, 0) is 17.2 Å². The molecule has 3 heterocycles. The molecule has 2 N–H and O–H groups in total. The second-order valence-corrected chi connectivity index (χ2v) is 9.00. The quantitative estimate of drug-likeness (QED) is 0.860. The summed E-state index contributed by atoms with van der Waals surface area (Å²) in [6.45, 7) is 10.7. The molecule has 0 spiro atoms. The van der Waals surface area contributed by atoms with Gasteiger partial charge in [-0.05, 0) is 39.2 Å². The molecule has 1 saturated heterocycles. The highest BCUT2D eigenvalue weighted by Gasteiger charge is 2.30. The SMILES string of the molecule is CC(C)O[C@H]1CCC[C@@H](c2cnc3cc(C(C)(C)C)n(C)c3n2)N[C@H]1CO. The first-order chi connectivity index (χ1) is 12.7. The number of ether oxygens (including phenoxy) is 1. The molecule has 6 nitrogen and oxygen atoms in total. The van der Waals surface area contributed by atoms with Gasteiger partial charge in [0.15, 0.2) is 5.65 Å². The van der Waals surface area contributed by atoms with Crippen molar-refractivity contribution in [1.29, 1.82) is 0 Å². The third kappa shape index (κ3) is 4.33. The van der Waals surface area contributed by atoms with Crippen molar-refractivity contribution in [2.24, 2.45) is 7.05 Å². The van der Waals surface area contributed by atoms with Crippen LogP contribution in [0.5, 0.6) is 0 Å². The van der Waals surface area contributed by atoms with E-state index < -0.39 is 0 Å². The molecular weight excluding hydrogens is 340 g/mol. The van der Waals surface area contributed by atoms with Crippen molar-refractivity contribution in [1.82, 2.24) is 19.9 Å². The molecule has 2 aromatic heterocycles. The highest BCUT2D eigenvalue weighted by molar-refractivity contribution is 5.73. The first kappa shape index (κ1) is 20.2. The van der Waals surface area contributed by atoms with Crippen LogP contribution in [0, 0.1) is 0 Å². The van der Waals surface area contributed by atoms with Gasteiger partial charge < -0.3 is 19.7 Å². The second-order valence-electron chi connectivity index (χ2n) is 9.00. The van der Waals surface area contributed by atoms with Crippen molar-refractivity contribution in [2.75, 3.05) is 6.61 Å². The average molecular weight is 375 g/mol. The van der Waals surface area contributed by atoms with E-state index in [2.05, 4.69) is 48.8 Å². The van der Waals surface area contributed by atoms with Crippen LogP contribution in [0.1, 0.15) is 71.3 Å². The molecule has 0 amide bonds. The van der Waals surface area contributed by atoms with Crippen LogP contribution < -0.4 is 5.32 Å². The number of hydrogen-bond acceptors (Lipinski definition) is 5. The van der Waals surface area contributed by atoms with Gasteiger partial charge in [0.1, 0.15) is 5.52 Å². The van der Waals surface area contributed by atoms with E-state index in [0.717, 1.165) is 36.1 Å². The maximum absolute atomic E-state index is 9.89. The zero-order chi connectivity index (χ0) is 19.8. The van der Waals surface area contributed by atoms with Gasteiger partial charge in [0.25, 0.3) is 0 Å². The predicted molar refractivity (Wildman–Crippen MR) is 108 cm³/mol. The summed E-state index contributed by atoms with van der Waals surface area (Å²) < 4.78 is 8.18. The number of nitrogens with one attached hydrogen (secondary N) is 1. The van der Waals surface area contributed by atoms with Crippen molar-refractivity contribution >= 4 is 11.2 Å². The molecule has 0 saturated carbocycles. The summed E-state index contributed by atoms with van der Waals surface area (Å²) in [5, 5.41) is 13.5. The highest BCUT2D eigenvalue weighted by Crippen LogP contribution is 2.29. The molecule has 1 aliphatic heterocycles. The summed E-state index contributed by atoms with van der Waals surface area (Å²) in [4.78, 5) is 9.63. The molecule has 27 heavy (non-hydrogen) atoms. The van der Waals surface area contributed by atoms with Gasteiger partial charge >= 0.3 is 0 Å². The fraction of sp³-hybridized carbons (Fsp3) is 0.714. The van der Waals surface area contributed by atoms with Crippen LogP contribution in [0.4, 0.5) is 0 Å². The van der Waals surface area contributed by atoms with Gasteiger partial charge in [-0.3, -0.25) is 4.98 Å². The van der Waals surface area contributed by atoms with E-state index in [4.69, 9.17) is 9.72 Å². The van der Waals surface area contributed by atoms with Gasteiger partial charge in [0.05, 0.1) is 42.8 Å². The van der Waals surface area contributed by atoms with E-state index in [9.17, 15) is 5.11 Å². The van der Waals surface area contributed by atoms with Gasteiger partial charge in [0.2, 0.25) is 0 Å². The number of hydrogen-bond donors (Lipinski definition) is 2. The first-order valence-corrected chi connectivity index (χ1v) is 10.1. The predicted octanol–water partition coefficient (Wildman–Crippen LogP) is 3.23. The number of aliphatic hydroxyl groups is 1. The monoisotopic (exact) mass is 374 g/mol. The van der Waals surface area contributed by atoms with Crippen molar-refractivity contribution < 1.29 is 9.84 Å². The maximum atomic E-state index is 9.89. The number of aryl methyl sites for hydroxylation is 1. The van der Waals surface area contributed by atoms with Crippen LogP contribution in [-0.4, -0.2) is 44.5 Å². The average Bonchev–Trinajstić information content (AvgIpc) is 2.80. The van der Waals surface area contributed by atoms with Crippen LogP contribution in [0.2, 0.25) is 0 Å². The van der Waals surface area contributed by atoms with E-state index in [0.29, 0.717) is 0 Å². The Labute approximate surface area is 162 Å². The minimum atomic E-state index is -0.0871. The van der Waals surface area contributed by atoms with E-state index in [1.54, 1.807) is 0 Å². The zero-order valence-corrected chi connectivity index (χ0v) is 17.5. The molecule has 0 unspecified atom stereocenters. The Morgan fingerprint density at radius 1 is 1.33 bits per heavy atom. The molecule has 3 atom stereocenters. The second kappa shape index (κ2) is 7.86. The molecule has 1 fully saturated rings. The number of aliphatic hydroxyl groups excluding tert-OH is 1. The van der Waals surface area contributed by atoms with Crippen LogP contribution in [0.25, 0.3) is 11.2 Å². The fourth-order valence-corrected chi connectivity index (χ4v) is 4.07. The summed E-state index contributed by atoms with van der Waals surface area (Å²) >= 11 is 0. The number of fused-ring (bicyclic) bond motifs is 1. The molecule has 150 valence electrons. The lowest BCUT2D eigenvalue weighted by molar-refractivity contribution is -0.0268. The van der Waals surface area contributed by atoms with E-state index in [1.807, 2.05) is 20.0 Å². The Kier molecular flexibility index (Phi) is 5.89. The molecule has 1 aliphatic rings. The van der Waals surface area contributed by atoms with Crippen molar-refractivity contribution in [2.45, 2.75) is 83.6 Å². The zero-order valence-electron chi connectivity index (χ0n) is 17.5.